The first-order valence-corrected chi connectivity index (χ1v) is 6.08. The van der Waals surface area contributed by atoms with Crippen molar-refractivity contribution < 1.29 is 4.79 Å². The monoisotopic (exact) mass is 273 g/mol. The molecule has 0 radical (unpaired) electrons. The third-order valence-corrected chi connectivity index (χ3v) is 2.60. The highest BCUT2D eigenvalue weighted by Crippen LogP contribution is 2.10. The number of hydrazone groups is 1. The van der Waals surface area contributed by atoms with Gasteiger partial charge >= 0.3 is 0 Å². The number of halogens is 1. The summed E-state index contributed by atoms with van der Waals surface area (Å²) in [6, 6.07) is 10.8. The molecule has 0 saturated carbocycles. The smallest absolute Gasteiger partial charge is 0.244 e. The van der Waals surface area contributed by atoms with Gasteiger partial charge in [-0.1, -0.05) is 23.7 Å². The second-order valence-electron chi connectivity index (χ2n) is 3.88. The molecule has 1 aromatic heterocycles. The lowest BCUT2D eigenvalue weighted by Crippen LogP contribution is -2.19. The molecule has 0 spiro atoms. The second kappa shape index (κ2) is 6.66. The lowest BCUT2D eigenvalue weighted by molar-refractivity contribution is -0.120. The molecule has 2 aromatic rings. The van der Waals surface area contributed by atoms with Crippen molar-refractivity contribution in [2.45, 2.75) is 6.42 Å². The fourth-order valence-corrected chi connectivity index (χ4v) is 1.71. The van der Waals surface area contributed by atoms with Gasteiger partial charge in [-0.2, -0.15) is 5.10 Å². The Kier molecular flexibility index (Phi) is 4.64. The molecule has 0 unspecified atom stereocenters. The zero-order valence-corrected chi connectivity index (χ0v) is 10.8. The van der Waals surface area contributed by atoms with E-state index in [1.54, 1.807) is 42.9 Å². The van der Waals surface area contributed by atoms with Crippen LogP contribution in [0.1, 0.15) is 11.1 Å². The van der Waals surface area contributed by atoms with Crippen LogP contribution in [0.15, 0.2) is 53.9 Å². The molecule has 1 heterocycles. The number of amides is 1. The van der Waals surface area contributed by atoms with Crippen molar-refractivity contribution in [2.75, 3.05) is 0 Å². The summed E-state index contributed by atoms with van der Waals surface area (Å²) in [7, 11) is 0. The standard InChI is InChI=1S/C14H12ClN3O/c15-13-3-1-2-12(8-13)9-14(19)18-17-10-11-4-6-16-7-5-11/h1-8,10H,9H2,(H,18,19). The Morgan fingerprint density at radius 1 is 1.32 bits per heavy atom. The Bertz CT molecular complexity index is 584. The van der Waals surface area contributed by atoms with Crippen LogP contribution in [-0.2, 0) is 11.2 Å². The highest BCUT2D eigenvalue weighted by Gasteiger charge is 2.02. The minimum atomic E-state index is -0.187. The summed E-state index contributed by atoms with van der Waals surface area (Å²) in [4.78, 5) is 15.5. The third kappa shape index (κ3) is 4.52. The minimum Gasteiger partial charge on any atom is -0.273 e. The zero-order chi connectivity index (χ0) is 13.5. The van der Waals surface area contributed by atoms with Crippen molar-refractivity contribution in [3.63, 3.8) is 0 Å². The number of nitrogens with zero attached hydrogens (tertiary/aromatic N) is 2. The number of carbonyl (C=O) groups excluding carboxylic acids is 1. The van der Waals surface area contributed by atoms with Crippen molar-refractivity contribution >= 4 is 23.7 Å². The molecule has 1 amide bonds. The Hall–Kier alpha value is -2.20. The summed E-state index contributed by atoms with van der Waals surface area (Å²) in [5, 5.41) is 4.49. The molecule has 5 heteroatoms. The van der Waals surface area contributed by atoms with Gasteiger partial charge in [0.15, 0.2) is 0 Å². The number of hydrogen-bond donors (Lipinski definition) is 1. The number of pyridine rings is 1. The zero-order valence-electron chi connectivity index (χ0n) is 10.1. The van der Waals surface area contributed by atoms with Crippen molar-refractivity contribution in [1.29, 1.82) is 0 Å². The summed E-state index contributed by atoms with van der Waals surface area (Å²) in [6.07, 6.45) is 5.14. The Labute approximate surface area is 116 Å². The lowest BCUT2D eigenvalue weighted by atomic mass is 10.1. The normalized spacial score (nSPS) is 10.6. The minimum absolute atomic E-state index is 0.187. The highest BCUT2D eigenvalue weighted by molar-refractivity contribution is 6.30. The van der Waals surface area contributed by atoms with Crippen LogP contribution in [0.5, 0.6) is 0 Å². The van der Waals surface area contributed by atoms with E-state index in [4.69, 9.17) is 11.6 Å². The second-order valence-corrected chi connectivity index (χ2v) is 4.32. The maximum absolute atomic E-state index is 11.6. The Morgan fingerprint density at radius 3 is 2.84 bits per heavy atom. The number of carbonyl (C=O) groups is 1. The van der Waals surface area contributed by atoms with Crippen LogP contribution in [0.3, 0.4) is 0 Å². The molecule has 1 aromatic carbocycles. The molecule has 0 aliphatic carbocycles. The van der Waals surface area contributed by atoms with Gasteiger partial charge in [0.05, 0.1) is 12.6 Å². The molecule has 0 atom stereocenters. The van der Waals surface area contributed by atoms with Crippen LogP contribution >= 0.6 is 11.6 Å². The van der Waals surface area contributed by atoms with Crippen LogP contribution in [0.2, 0.25) is 5.02 Å². The fourth-order valence-electron chi connectivity index (χ4n) is 1.50. The van der Waals surface area contributed by atoms with Crippen molar-refractivity contribution in [1.82, 2.24) is 10.4 Å². The van der Waals surface area contributed by atoms with E-state index >= 15 is 0 Å². The van der Waals surface area contributed by atoms with E-state index in [0.29, 0.717) is 5.02 Å². The third-order valence-electron chi connectivity index (χ3n) is 2.36. The number of benzene rings is 1. The van der Waals surface area contributed by atoms with Crippen molar-refractivity contribution in [3.05, 3.63) is 64.9 Å². The van der Waals surface area contributed by atoms with Crippen molar-refractivity contribution in [2.24, 2.45) is 5.10 Å². The van der Waals surface area contributed by atoms with E-state index < -0.39 is 0 Å². The molecule has 1 N–H and O–H groups in total. The summed E-state index contributed by atoms with van der Waals surface area (Å²) in [5.74, 6) is -0.187. The number of rotatable bonds is 4. The number of aromatic nitrogens is 1. The average Bonchev–Trinajstić information content (AvgIpc) is 2.40. The van der Waals surface area contributed by atoms with Gasteiger partial charge in [0.2, 0.25) is 5.91 Å². The first-order chi connectivity index (χ1) is 9.24. The molecule has 0 aliphatic rings. The summed E-state index contributed by atoms with van der Waals surface area (Å²) in [6.45, 7) is 0. The SMILES string of the molecule is O=C(Cc1cccc(Cl)c1)NN=Cc1ccncc1. The fraction of sp³-hybridized carbons (Fsp3) is 0.0714. The molecule has 0 bridgehead atoms. The summed E-state index contributed by atoms with van der Waals surface area (Å²) < 4.78 is 0. The van der Waals surface area contributed by atoms with Crippen LogP contribution in [0, 0.1) is 0 Å². The number of nitrogens with one attached hydrogen (secondary N) is 1. The largest absolute Gasteiger partial charge is 0.273 e. The molecule has 0 aliphatic heterocycles. The van der Waals surface area contributed by atoms with Gasteiger partial charge in [0, 0.05) is 17.4 Å². The summed E-state index contributed by atoms with van der Waals surface area (Å²) >= 11 is 5.85. The van der Waals surface area contributed by atoms with Crippen LogP contribution in [0.25, 0.3) is 0 Å². The highest BCUT2D eigenvalue weighted by atomic mass is 35.5. The lowest BCUT2D eigenvalue weighted by Gasteiger charge is -2.00. The van der Waals surface area contributed by atoms with Gasteiger partial charge < -0.3 is 0 Å². The van der Waals surface area contributed by atoms with E-state index in [1.807, 2.05) is 12.1 Å². The maximum atomic E-state index is 11.6. The molecule has 0 fully saturated rings. The first kappa shape index (κ1) is 13.2. The Balaban J connectivity index is 1.87. The Morgan fingerprint density at radius 2 is 2.11 bits per heavy atom. The molecular weight excluding hydrogens is 262 g/mol. The quantitative estimate of drug-likeness (QED) is 0.687. The summed E-state index contributed by atoms with van der Waals surface area (Å²) in [5.41, 5.74) is 4.19. The van der Waals surface area contributed by atoms with Gasteiger partial charge in [-0.3, -0.25) is 9.78 Å². The van der Waals surface area contributed by atoms with Crippen LogP contribution in [0.4, 0.5) is 0 Å². The van der Waals surface area contributed by atoms with Gasteiger partial charge in [0.25, 0.3) is 0 Å². The van der Waals surface area contributed by atoms with Gasteiger partial charge in [-0.05, 0) is 35.4 Å². The van der Waals surface area contributed by atoms with Crippen LogP contribution < -0.4 is 5.43 Å². The molecule has 19 heavy (non-hydrogen) atoms. The molecule has 4 nitrogen and oxygen atoms in total. The van der Waals surface area contributed by atoms with Gasteiger partial charge in [0.1, 0.15) is 0 Å². The maximum Gasteiger partial charge on any atom is 0.244 e. The van der Waals surface area contributed by atoms with E-state index in [-0.39, 0.29) is 12.3 Å². The van der Waals surface area contributed by atoms with E-state index in [9.17, 15) is 4.79 Å². The van der Waals surface area contributed by atoms with Gasteiger partial charge in [-0.15, -0.1) is 0 Å². The van der Waals surface area contributed by atoms with Crippen molar-refractivity contribution in [3.8, 4) is 0 Å². The first-order valence-electron chi connectivity index (χ1n) is 5.70. The molecule has 2 rings (SSSR count). The predicted molar refractivity (Wildman–Crippen MR) is 75.1 cm³/mol. The predicted octanol–water partition coefficient (Wildman–Crippen LogP) is 2.43. The average molecular weight is 274 g/mol. The van der Waals surface area contributed by atoms with E-state index in [0.717, 1.165) is 11.1 Å². The molecule has 96 valence electrons. The van der Waals surface area contributed by atoms with E-state index in [1.165, 1.54) is 0 Å². The molecule has 0 saturated heterocycles. The topological polar surface area (TPSA) is 54.4 Å². The molecular formula is C14H12ClN3O. The van der Waals surface area contributed by atoms with Gasteiger partial charge in [-0.25, -0.2) is 5.43 Å². The van der Waals surface area contributed by atoms with E-state index in [2.05, 4.69) is 15.5 Å². The number of hydrogen-bond acceptors (Lipinski definition) is 3. The van der Waals surface area contributed by atoms with Crippen LogP contribution in [-0.4, -0.2) is 17.1 Å².